The number of halogens is 1. The van der Waals surface area contributed by atoms with E-state index in [-0.39, 0.29) is 11.9 Å². The third-order valence-corrected chi connectivity index (χ3v) is 4.38. The van der Waals surface area contributed by atoms with Crippen LogP contribution >= 0.6 is 27.3 Å². The van der Waals surface area contributed by atoms with E-state index in [9.17, 15) is 4.79 Å². The lowest BCUT2D eigenvalue weighted by atomic mass is 10.2. The summed E-state index contributed by atoms with van der Waals surface area (Å²) >= 11 is 4.95. The molecule has 1 saturated heterocycles. The van der Waals surface area contributed by atoms with Crippen molar-refractivity contribution in [2.75, 3.05) is 31.7 Å². The number of nitrogens with zero attached hydrogens (tertiary/aromatic N) is 1. The number of thiophene rings is 1. The van der Waals surface area contributed by atoms with E-state index >= 15 is 0 Å². The Morgan fingerprint density at radius 1 is 1.71 bits per heavy atom. The standard InChI is InChI=1S/C11H15BrN2O2S/c1-14(11-3-2-9(12)17-11)10(15)6-8-7-16-5-4-13-8/h2-3,8,13H,4-7H2,1H3. The molecule has 0 spiro atoms. The number of hydrogen-bond acceptors (Lipinski definition) is 4. The minimum atomic E-state index is 0.113. The molecule has 17 heavy (non-hydrogen) atoms. The monoisotopic (exact) mass is 318 g/mol. The number of morpholine rings is 1. The Hall–Kier alpha value is -0.430. The zero-order valence-electron chi connectivity index (χ0n) is 9.61. The topological polar surface area (TPSA) is 41.6 Å². The smallest absolute Gasteiger partial charge is 0.228 e. The molecule has 1 fully saturated rings. The van der Waals surface area contributed by atoms with Gasteiger partial charge in [-0.25, -0.2) is 0 Å². The first-order valence-electron chi connectivity index (χ1n) is 5.50. The quantitative estimate of drug-likeness (QED) is 0.924. The molecule has 1 unspecified atom stereocenters. The van der Waals surface area contributed by atoms with Crippen molar-refractivity contribution in [3.05, 3.63) is 15.9 Å². The van der Waals surface area contributed by atoms with Gasteiger partial charge in [0.1, 0.15) is 0 Å². The summed E-state index contributed by atoms with van der Waals surface area (Å²) in [7, 11) is 1.81. The molecule has 6 heteroatoms. The summed E-state index contributed by atoms with van der Waals surface area (Å²) in [4.78, 5) is 13.7. The van der Waals surface area contributed by atoms with Crippen molar-refractivity contribution in [3.63, 3.8) is 0 Å². The molecule has 0 saturated carbocycles. The van der Waals surface area contributed by atoms with E-state index in [0.29, 0.717) is 13.0 Å². The molecule has 2 rings (SSSR count). The Balaban J connectivity index is 1.90. The molecule has 94 valence electrons. The van der Waals surface area contributed by atoms with Gasteiger partial charge in [-0.2, -0.15) is 0 Å². The molecule has 0 aliphatic carbocycles. The molecule has 1 aromatic heterocycles. The van der Waals surface area contributed by atoms with Crippen LogP contribution in [0.15, 0.2) is 15.9 Å². The maximum absolute atomic E-state index is 12.0. The average molecular weight is 319 g/mol. The van der Waals surface area contributed by atoms with E-state index in [4.69, 9.17) is 4.74 Å². The lowest BCUT2D eigenvalue weighted by Crippen LogP contribution is -2.44. The van der Waals surface area contributed by atoms with Crippen molar-refractivity contribution >= 4 is 38.2 Å². The van der Waals surface area contributed by atoms with Crippen LogP contribution in [0.3, 0.4) is 0 Å². The minimum absolute atomic E-state index is 0.113. The van der Waals surface area contributed by atoms with Crippen LogP contribution in [0.25, 0.3) is 0 Å². The summed E-state index contributed by atoms with van der Waals surface area (Å²) in [6.07, 6.45) is 0.478. The van der Waals surface area contributed by atoms with E-state index < -0.39 is 0 Å². The molecule has 4 nitrogen and oxygen atoms in total. The van der Waals surface area contributed by atoms with Crippen LogP contribution in [0.2, 0.25) is 0 Å². The second-order valence-electron chi connectivity index (χ2n) is 3.96. The maximum atomic E-state index is 12.0. The number of amides is 1. The highest BCUT2D eigenvalue weighted by atomic mass is 79.9. The van der Waals surface area contributed by atoms with Gasteiger partial charge in [-0.1, -0.05) is 0 Å². The largest absolute Gasteiger partial charge is 0.378 e. The molecule has 1 aliphatic heterocycles. The highest BCUT2D eigenvalue weighted by Crippen LogP contribution is 2.29. The Kier molecular flexibility index (Phi) is 4.55. The Labute approximate surface area is 113 Å². The summed E-state index contributed by atoms with van der Waals surface area (Å²) in [5.41, 5.74) is 0. The normalized spacial score (nSPS) is 20.2. The van der Waals surface area contributed by atoms with Crippen LogP contribution in [0.4, 0.5) is 5.00 Å². The van der Waals surface area contributed by atoms with E-state index in [1.54, 1.807) is 16.2 Å². The maximum Gasteiger partial charge on any atom is 0.228 e. The molecule has 0 bridgehead atoms. The third-order valence-electron chi connectivity index (χ3n) is 2.68. The van der Waals surface area contributed by atoms with Crippen molar-refractivity contribution in [1.82, 2.24) is 5.32 Å². The fourth-order valence-electron chi connectivity index (χ4n) is 1.71. The molecular formula is C11H15BrN2O2S. The second kappa shape index (κ2) is 5.95. The number of anilines is 1. The van der Waals surface area contributed by atoms with Gasteiger partial charge in [0, 0.05) is 26.1 Å². The molecule has 1 amide bonds. The van der Waals surface area contributed by atoms with E-state index in [1.807, 2.05) is 19.2 Å². The van der Waals surface area contributed by atoms with Gasteiger partial charge in [0.05, 0.1) is 22.0 Å². The van der Waals surface area contributed by atoms with Gasteiger partial charge in [-0.3, -0.25) is 4.79 Å². The Bertz CT molecular complexity index is 391. The van der Waals surface area contributed by atoms with Crippen LogP contribution in [0.1, 0.15) is 6.42 Å². The number of nitrogens with one attached hydrogen (secondary N) is 1. The summed E-state index contributed by atoms with van der Waals surface area (Å²) in [6, 6.07) is 4.03. The van der Waals surface area contributed by atoms with Gasteiger partial charge in [0.15, 0.2) is 0 Å². The van der Waals surface area contributed by atoms with Crippen LogP contribution in [0, 0.1) is 0 Å². The number of ether oxygens (including phenoxy) is 1. The van der Waals surface area contributed by atoms with E-state index in [2.05, 4.69) is 21.2 Å². The molecule has 1 N–H and O–H groups in total. The third kappa shape index (κ3) is 3.51. The lowest BCUT2D eigenvalue weighted by molar-refractivity contribution is -0.119. The predicted octanol–water partition coefficient (Wildman–Crippen LogP) is 1.85. The zero-order valence-corrected chi connectivity index (χ0v) is 12.0. The zero-order chi connectivity index (χ0) is 12.3. The van der Waals surface area contributed by atoms with Crippen molar-refractivity contribution in [2.45, 2.75) is 12.5 Å². The molecule has 0 aromatic carbocycles. The van der Waals surface area contributed by atoms with Crippen LogP contribution in [0.5, 0.6) is 0 Å². The molecule has 1 atom stereocenters. The second-order valence-corrected chi connectivity index (χ2v) is 6.40. The summed E-state index contributed by atoms with van der Waals surface area (Å²) in [5.74, 6) is 0.113. The van der Waals surface area contributed by atoms with E-state index in [0.717, 1.165) is 21.9 Å². The van der Waals surface area contributed by atoms with Gasteiger partial charge in [-0.15, -0.1) is 11.3 Å². The highest BCUT2D eigenvalue weighted by molar-refractivity contribution is 9.11. The average Bonchev–Trinajstić information content (AvgIpc) is 2.76. The van der Waals surface area contributed by atoms with Crippen LogP contribution < -0.4 is 10.2 Å². The first-order chi connectivity index (χ1) is 8.16. The van der Waals surface area contributed by atoms with E-state index in [1.165, 1.54) is 0 Å². The highest BCUT2D eigenvalue weighted by Gasteiger charge is 2.20. The number of carbonyl (C=O) groups is 1. The SMILES string of the molecule is CN(C(=O)CC1COCCN1)c1ccc(Br)s1. The Morgan fingerprint density at radius 2 is 2.53 bits per heavy atom. The van der Waals surface area contributed by atoms with Gasteiger partial charge >= 0.3 is 0 Å². The van der Waals surface area contributed by atoms with Gasteiger partial charge < -0.3 is 15.0 Å². The number of rotatable bonds is 3. The first-order valence-corrected chi connectivity index (χ1v) is 7.11. The fourth-order valence-corrected chi connectivity index (χ4v) is 3.05. The minimum Gasteiger partial charge on any atom is -0.378 e. The number of hydrogen-bond donors (Lipinski definition) is 1. The predicted molar refractivity (Wildman–Crippen MR) is 72.7 cm³/mol. The summed E-state index contributed by atoms with van der Waals surface area (Å²) in [6.45, 7) is 2.18. The lowest BCUT2D eigenvalue weighted by Gasteiger charge is -2.25. The molecular weight excluding hydrogens is 304 g/mol. The van der Waals surface area contributed by atoms with Crippen molar-refractivity contribution in [2.24, 2.45) is 0 Å². The number of carbonyl (C=O) groups excluding carboxylic acids is 1. The molecule has 0 radical (unpaired) electrons. The molecule has 2 heterocycles. The van der Waals surface area contributed by atoms with Crippen LogP contribution in [-0.4, -0.2) is 38.8 Å². The van der Waals surface area contributed by atoms with Crippen molar-refractivity contribution < 1.29 is 9.53 Å². The summed E-state index contributed by atoms with van der Waals surface area (Å²) < 4.78 is 6.37. The van der Waals surface area contributed by atoms with Crippen molar-refractivity contribution in [1.29, 1.82) is 0 Å². The van der Waals surface area contributed by atoms with Crippen LogP contribution in [-0.2, 0) is 9.53 Å². The first kappa shape index (κ1) is 13.0. The van der Waals surface area contributed by atoms with Gasteiger partial charge in [-0.05, 0) is 28.1 Å². The molecule has 1 aromatic rings. The summed E-state index contributed by atoms with van der Waals surface area (Å²) in [5, 5.41) is 4.24. The van der Waals surface area contributed by atoms with Gasteiger partial charge in [0.2, 0.25) is 5.91 Å². The Morgan fingerprint density at radius 3 is 3.12 bits per heavy atom. The van der Waals surface area contributed by atoms with Gasteiger partial charge in [0.25, 0.3) is 0 Å². The fraction of sp³-hybridized carbons (Fsp3) is 0.545. The van der Waals surface area contributed by atoms with Crippen molar-refractivity contribution in [3.8, 4) is 0 Å². The molecule has 1 aliphatic rings.